The molecule has 4 heterocycles. The summed E-state index contributed by atoms with van der Waals surface area (Å²) in [5, 5.41) is 0.449. The number of hydrogen-bond donors (Lipinski definition) is 0. The van der Waals surface area contributed by atoms with E-state index in [9.17, 15) is 16.4 Å². The molecule has 0 aliphatic heterocycles. The Hall–Kier alpha value is -6.92. The summed E-state index contributed by atoms with van der Waals surface area (Å²) in [4.78, 5) is 13.3. The molecule has 0 atom stereocenters. The van der Waals surface area contributed by atoms with Crippen molar-refractivity contribution in [3.63, 3.8) is 0 Å². The van der Waals surface area contributed by atoms with Gasteiger partial charge in [0.15, 0.2) is 11.4 Å². The summed E-state index contributed by atoms with van der Waals surface area (Å²) in [6.45, 7) is 0. The number of hydrogen-bond acceptors (Lipinski definition) is 4. The maximum atomic E-state index is 17.0. The van der Waals surface area contributed by atoms with Crippen LogP contribution >= 0.6 is 0 Å². The van der Waals surface area contributed by atoms with Crippen molar-refractivity contribution in [3.8, 4) is 44.9 Å². The number of rotatable bonds is 14. The second kappa shape index (κ2) is 21.4. The van der Waals surface area contributed by atoms with E-state index >= 15 is 8.78 Å². The Balaban J connectivity index is 0.00000838. The maximum Gasteiger partial charge on any atom is 3.00 e. The minimum Gasteiger partial charge on any atom is -0.497 e. The number of halogens is 2. The van der Waals surface area contributed by atoms with Crippen LogP contribution in [0.4, 0.5) is 8.78 Å². The van der Waals surface area contributed by atoms with Gasteiger partial charge in [0.05, 0.1) is 12.4 Å². The molecule has 10 aromatic rings. The second-order valence-electron chi connectivity index (χ2n) is 16.6. The van der Waals surface area contributed by atoms with Crippen LogP contribution in [0.15, 0.2) is 168 Å². The zero-order valence-corrected chi connectivity index (χ0v) is 39.5. The molecule has 0 unspecified atom stereocenters. The molecule has 70 heavy (non-hydrogen) atoms. The number of furan rings is 1. The molecule has 4 nitrogen and oxygen atoms in total. The number of benzene rings is 6. The summed E-state index contributed by atoms with van der Waals surface area (Å²) in [6.07, 6.45) is -12.5. The van der Waals surface area contributed by atoms with E-state index in [0.717, 1.165) is 55.9 Å². The molecule has 1 aliphatic rings. The fourth-order valence-electron chi connectivity index (χ4n) is 8.67. The Kier molecular flexibility index (Phi) is 9.36. The summed E-state index contributed by atoms with van der Waals surface area (Å²) in [5.74, 6) is -2.65. The summed E-state index contributed by atoms with van der Waals surface area (Å²) in [7, 11) is 0. The van der Waals surface area contributed by atoms with Gasteiger partial charge in [-0.25, -0.2) is 8.78 Å². The van der Waals surface area contributed by atoms with Crippen molar-refractivity contribution in [2.45, 2.75) is 76.3 Å². The standard InChI is InChI=1S/C63H50F2N3O.Ir/c64-57-38-60(55-23-13-22-53-54-32-31-52(46-14-5-1-6-15-46)61(65)63(54)69-62(53)55)68-41-51(57)30-27-45-35-43(25-24-42-28-33-58(66-39-42)48-18-9-3-10-19-48)34-44(36-45)26-29-50-40-67-59(49-20-11-4-12-21-49)37-56(50)47-16-7-2-8-17-47;/h1,3-6,9-15,18,20,22,28,31-41,47H,2,7-8,16-17,24-27,29-30H2;/q-3;+3/i1D,5D,6D,14D,15D,24D2,25D2,26D2,27D2,29D2,30D2;. The maximum absolute atomic E-state index is 17.0. The minimum atomic E-state index is -3.48. The van der Waals surface area contributed by atoms with Gasteiger partial charge in [0.1, 0.15) is 5.82 Å². The predicted octanol–water partition coefficient (Wildman–Crippen LogP) is 15.5. The Morgan fingerprint density at radius 3 is 1.90 bits per heavy atom. The van der Waals surface area contributed by atoms with Crippen LogP contribution in [0, 0.1) is 29.8 Å². The van der Waals surface area contributed by atoms with Gasteiger partial charge in [-0.2, -0.15) is 0 Å². The van der Waals surface area contributed by atoms with Crippen molar-refractivity contribution in [2.24, 2.45) is 0 Å². The first-order valence-electron chi connectivity index (χ1n) is 31.0. The molecule has 6 aromatic carbocycles. The first kappa shape index (κ1) is 30.6. The van der Waals surface area contributed by atoms with E-state index in [1.165, 1.54) is 42.6 Å². The number of aryl methyl sites for hydroxylation is 6. The first-order chi connectivity index (χ1) is 40.6. The summed E-state index contributed by atoms with van der Waals surface area (Å²) >= 11 is 0. The Labute approximate surface area is 446 Å². The van der Waals surface area contributed by atoms with Gasteiger partial charge in [-0.15, -0.1) is 90.0 Å². The number of fused-ring (bicyclic) bond motifs is 3. The van der Waals surface area contributed by atoms with Crippen LogP contribution in [-0.4, -0.2) is 15.0 Å². The fraction of sp³-hybridized carbons (Fsp3) is 0.190. The summed E-state index contributed by atoms with van der Waals surface area (Å²) in [5.41, 5.74) is -2.63. The Bertz CT molecular complexity index is 4250. The molecule has 0 N–H and O–H groups in total. The van der Waals surface area contributed by atoms with Crippen LogP contribution in [0.2, 0.25) is 0 Å². The molecular weight excluding hydrogens is 1040 g/mol. The van der Waals surface area contributed by atoms with Crippen molar-refractivity contribution >= 4 is 21.9 Å². The van der Waals surface area contributed by atoms with Gasteiger partial charge in [-0.05, 0) is 119 Å². The van der Waals surface area contributed by atoms with Crippen LogP contribution in [0.5, 0.6) is 0 Å². The molecule has 1 aliphatic carbocycles. The third-order valence-corrected chi connectivity index (χ3v) is 12.1. The van der Waals surface area contributed by atoms with Gasteiger partial charge in [0.2, 0.25) is 0 Å². The van der Waals surface area contributed by atoms with Crippen LogP contribution in [0.3, 0.4) is 0 Å². The Morgan fingerprint density at radius 2 is 1.21 bits per heavy atom. The fourth-order valence-corrected chi connectivity index (χ4v) is 8.67. The van der Waals surface area contributed by atoms with Gasteiger partial charge in [0.25, 0.3) is 0 Å². The number of pyridine rings is 3. The molecule has 11 rings (SSSR count). The van der Waals surface area contributed by atoms with E-state index in [1.54, 1.807) is 54.6 Å². The van der Waals surface area contributed by atoms with Gasteiger partial charge in [0, 0.05) is 51.6 Å². The van der Waals surface area contributed by atoms with Crippen molar-refractivity contribution in [1.29, 1.82) is 0 Å². The summed E-state index contributed by atoms with van der Waals surface area (Å²) < 4.78 is 196. The molecule has 4 aromatic heterocycles. The molecular formula is C63H50F2IrN3O. The molecule has 0 spiro atoms. The average Bonchev–Trinajstić information content (AvgIpc) is 1.48. The van der Waals surface area contributed by atoms with E-state index in [4.69, 9.17) is 11.3 Å². The normalized spacial score (nSPS) is 17.7. The SMILES string of the molecule is [2H]c1c([2H])c([2H])c(-c2ccc3c(oc4c(-c5cc(F)c(C([2H])([2H])C([2H])([2H])c6cc(C([2H])([2H])C([2H])([2H])c7ccc(-c8[c-]cccc8)nc7)cc(C([2H])([2H])C([2H])([2H])c7cnc(-c8[c-]cccc8)cc7C7CCCCC7)c6)cn5)[c-]ccc43)c2F)c([2H])c1[2H].[Ir+3]. The van der Waals surface area contributed by atoms with Crippen LogP contribution in [0.1, 0.15) is 100 Å². The molecule has 346 valence electrons. The van der Waals surface area contributed by atoms with E-state index in [2.05, 4.69) is 33.2 Å². The van der Waals surface area contributed by atoms with Gasteiger partial charge in [-0.1, -0.05) is 109 Å². The Morgan fingerprint density at radius 1 is 0.571 bits per heavy atom. The molecule has 1 saturated carbocycles. The number of aromatic nitrogens is 3. The minimum absolute atomic E-state index is 0. The van der Waals surface area contributed by atoms with Crippen LogP contribution in [-0.2, 0) is 58.3 Å². The second-order valence-corrected chi connectivity index (χ2v) is 16.6. The van der Waals surface area contributed by atoms with Gasteiger partial charge < -0.3 is 19.4 Å². The zero-order valence-electron chi connectivity index (χ0n) is 54.2. The predicted molar refractivity (Wildman–Crippen MR) is 273 cm³/mol. The molecule has 1 fully saturated rings. The molecule has 0 bridgehead atoms. The van der Waals surface area contributed by atoms with Gasteiger partial charge in [-0.3, -0.25) is 0 Å². The van der Waals surface area contributed by atoms with Crippen molar-refractivity contribution < 1.29 is 56.6 Å². The molecule has 0 radical (unpaired) electrons. The van der Waals surface area contributed by atoms with Crippen LogP contribution in [0.25, 0.3) is 66.8 Å². The topological polar surface area (TPSA) is 51.8 Å². The van der Waals surface area contributed by atoms with E-state index in [-0.39, 0.29) is 75.9 Å². The molecule has 0 saturated heterocycles. The monoisotopic (exact) mass is 1110 g/mol. The number of nitrogens with zero attached hydrogens (tertiary/aromatic N) is 3. The first-order valence-corrected chi connectivity index (χ1v) is 22.5. The molecule has 7 heteroatoms. The van der Waals surface area contributed by atoms with Crippen molar-refractivity contribution in [2.75, 3.05) is 0 Å². The zero-order chi connectivity index (χ0) is 61.6. The van der Waals surface area contributed by atoms with Crippen LogP contribution < -0.4 is 0 Å². The van der Waals surface area contributed by atoms with Gasteiger partial charge >= 0.3 is 20.1 Å². The smallest absolute Gasteiger partial charge is 0.497 e. The molecule has 0 amide bonds. The van der Waals surface area contributed by atoms with E-state index in [1.807, 2.05) is 0 Å². The summed E-state index contributed by atoms with van der Waals surface area (Å²) in [6, 6.07) is 33.1. The largest absolute Gasteiger partial charge is 3.00 e. The average molecular weight is 1110 g/mol. The van der Waals surface area contributed by atoms with Crippen molar-refractivity contribution in [3.05, 3.63) is 233 Å². The van der Waals surface area contributed by atoms with Crippen molar-refractivity contribution in [1.82, 2.24) is 15.0 Å². The quantitative estimate of drug-likeness (QED) is 0.102. The third kappa shape index (κ3) is 10.2. The third-order valence-electron chi connectivity index (χ3n) is 12.1. The van der Waals surface area contributed by atoms with E-state index in [0.29, 0.717) is 40.9 Å². The van der Waals surface area contributed by atoms with E-state index < -0.39 is 108 Å².